The largest absolute Gasteiger partial charge is 0.511 e. The van der Waals surface area contributed by atoms with Crippen molar-refractivity contribution in [1.29, 1.82) is 0 Å². The number of rotatable bonds is 2. The molecule has 88 valence electrons. The third kappa shape index (κ3) is 2.24. The first-order chi connectivity index (χ1) is 8.09. The van der Waals surface area contributed by atoms with Crippen molar-refractivity contribution >= 4 is 17.8 Å². The van der Waals surface area contributed by atoms with Crippen molar-refractivity contribution < 1.29 is 19.2 Å². The van der Waals surface area contributed by atoms with Gasteiger partial charge < -0.3 is 14.4 Å². The van der Waals surface area contributed by atoms with Gasteiger partial charge in [-0.05, 0) is 6.07 Å². The summed E-state index contributed by atoms with van der Waals surface area (Å²) in [6.45, 7) is 1.56. The van der Waals surface area contributed by atoms with Gasteiger partial charge >= 0.3 is 6.16 Å². The number of carboxylic acid groups (broad SMARTS) is 1. The summed E-state index contributed by atoms with van der Waals surface area (Å²) in [7, 11) is 0. The van der Waals surface area contributed by atoms with Crippen LogP contribution < -0.4 is 4.74 Å². The van der Waals surface area contributed by atoms with Crippen molar-refractivity contribution in [1.82, 2.24) is 5.16 Å². The Balaban J connectivity index is 2.53. The van der Waals surface area contributed by atoms with Crippen LogP contribution in [0.3, 0.4) is 0 Å². The van der Waals surface area contributed by atoms with E-state index in [1.54, 1.807) is 31.2 Å². The number of carbonyl (C=O) groups is 1. The van der Waals surface area contributed by atoms with Crippen LogP contribution in [0.1, 0.15) is 5.76 Å². The standard InChI is InChI=1S/C11H8ClNO4/c1-6-10(16-11(14)15)9(13-17-6)7-4-2-3-5-8(7)12/h2-5H,1H3,(H,14,15). The molecule has 1 aromatic carbocycles. The SMILES string of the molecule is Cc1onc(-c2ccccc2Cl)c1OC(=O)O. The maximum absolute atomic E-state index is 10.6. The van der Waals surface area contributed by atoms with E-state index in [1.807, 2.05) is 0 Å². The van der Waals surface area contributed by atoms with Gasteiger partial charge in [-0.25, -0.2) is 4.79 Å². The molecule has 1 aromatic heterocycles. The Bertz CT molecular complexity index is 564. The van der Waals surface area contributed by atoms with E-state index >= 15 is 0 Å². The molecular formula is C11H8ClNO4. The smallest absolute Gasteiger partial charge is 0.449 e. The van der Waals surface area contributed by atoms with Crippen molar-refractivity contribution in [2.75, 3.05) is 0 Å². The highest BCUT2D eigenvalue weighted by atomic mass is 35.5. The van der Waals surface area contributed by atoms with Gasteiger partial charge in [0.25, 0.3) is 0 Å². The van der Waals surface area contributed by atoms with Crippen LogP contribution in [-0.2, 0) is 0 Å². The highest BCUT2D eigenvalue weighted by Gasteiger charge is 2.20. The third-order valence-corrected chi connectivity index (χ3v) is 2.46. The van der Waals surface area contributed by atoms with E-state index in [0.717, 1.165) is 0 Å². The summed E-state index contributed by atoms with van der Waals surface area (Å²) in [5.74, 6) is 0.341. The number of hydrogen-bond donors (Lipinski definition) is 1. The molecular weight excluding hydrogens is 246 g/mol. The number of benzene rings is 1. The van der Waals surface area contributed by atoms with E-state index in [-0.39, 0.29) is 17.2 Å². The minimum Gasteiger partial charge on any atom is -0.449 e. The van der Waals surface area contributed by atoms with Crippen molar-refractivity contribution in [3.63, 3.8) is 0 Å². The topological polar surface area (TPSA) is 72.6 Å². The van der Waals surface area contributed by atoms with Crippen LogP contribution in [0, 0.1) is 6.92 Å². The predicted octanol–water partition coefficient (Wildman–Crippen LogP) is 3.36. The molecule has 1 heterocycles. The van der Waals surface area contributed by atoms with Crippen LogP contribution in [0.25, 0.3) is 11.3 Å². The molecule has 17 heavy (non-hydrogen) atoms. The fourth-order valence-electron chi connectivity index (χ4n) is 1.40. The second-order valence-electron chi connectivity index (χ2n) is 3.26. The molecule has 0 unspecified atom stereocenters. The van der Waals surface area contributed by atoms with Crippen LogP contribution in [0.2, 0.25) is 5.02 Å². The average Bonchev–Trinajstić information content (AvgIpc) is 2.61. The second kappa shape index (κ2) is 4.47. The van der Waals surface area contributed by atoms with Gasteiger partial charge in [-0.3, -0.25) is 0 Å². The van der Waals surface area contributed by atoms with Crippen LogP contribution in [-0.4, -0.2) is 16.4 Å². The molecule has 0 radical (unpaired) electrons. The Labute approximate surface area is 102 Å². The van der Waals surface area contributed by atoms with Crippen LogP contribution in [0.5, 0.6) is 5.75 Å². The molecule has 2 aromatic rings. The van der Waals surface area contributed by atoms with E-state index in [9.17, 15) is 4.79 Å². The summed E-state index contributed by atoms with van der Waals surface area (Å²) >= 11 is 5.99. The fourth-order valence-corrected chi connectivity index (χ4v) is 1.62. The van der Waals surface area contributed by atoms with Gasteiger partial charge in [0, 0.05) is 12.5 Å². The summed E-state index contributed by atoms with van der Waals surface area (Å²) in [6.07, 6.45) is -1.43. The number of aryl methyl sites for hydroxylation is 1. The van der Waals surface area contributed by atoms with Gasteiger partial charge in [-0.1, -0.05) is 35.0 Å². The Morgan fingerprint density at radius 2 is 2.18 bits per heavy atom. The quantitative estimate of drug-likeness (QED) is 0.831. The van der Waals surface area contributed by atoms with Gasteiger partial charge in [0.1, 0.15) is 0 Å². The minimum atomic E-state index is -1.43. The lowest BCUT2D eigenvalue weighted by Gasteiger charge is -2.02. The number of halogens is 1. The maximum atomic E-state index is 10.6. The molecule has 0 bridgehead atoms. The first-order valence-corrected chi connectivity index (χ1v) is 5.09. The third-order valence-electron chi connectivity index (χ3n) is 2.13. The zero-order valence-electron chi connectivity index (χ0n) is 8.81. The summed E-state index contributed by atoms with van der Waals surface area (Å²) in [5, 5.41) is 12.8. The van der Waals surface area contributed by atoms with E-state index in [2.05, 4.69) is 9.89 Å². The summed E-state index contributed by atoms with van der Waals surface area (Å²) < 4.78 is 9.54. The lowest BCUT2D eigenvalue weighted by atomic mass is 10.1. The molecule has 6 heteroatoms. The molecule has 0 aliphatic heterocycles. The Morgan fingerprint density at radius 3 is 2.82 bits per heavy atom. The van der Waals surface area contributed by atoms with Gasteiger partial charge in [0.05, 0.1) is 5.02 Å². The zero-order chi connectivity index (χ0) is 12.4. The van der Waals surface area contributed by atoms with Crippen LogP contribution in [0.4, 0.5) is 4.79 Å². The number of nitrogens with zero attached hydrogens (tertiary/aromatic N) is 1. The van der Waals surface area contributed by atoms with Crippen molar-refractivity contribution in [2.24, 2.45) is 0 Å². The van der Waals surface area contributed by atoms with E-state index in [4.69, 9.17) is 21.2 Å². The second-order valence-corrected chi connectivity index (χ2v) is 3.67. The first-order valence-electron chi connectivity index (χ1n) is 4.71. The molecule has 0 saturated carbocycles. The molecule has 5 nitrogen and oxygen atoms in total. The summed E-state index contributed by atoms with van der Waals surface area (Å²) in [5.41, 5.74) is 0.831. The normalized spacial score (nSPS) is 10.2. The Hall–Kier alpha value is -2.01. The Kier molecular flexibility index (Phi) is 3.01. The highest BCUT2D eigenvalue weighted by Crippen LogP contribution is 2.36. The van der Waals surface area contributed by atoms with Gasteiger partial charge in [0.15, 0.2) is 11.5 Å². The summed E-state index contributed by atoms with van der Waals surface area (Å²) in [6, 6.07) is 6.89. The highest BCUT2D eigenvalue weighted by molar-refractivity contribution is 6.33. The maximum Gasteiger partial charge on any atom is 0.511 e. The average molecular weight is 254 g/mol. The molecule has 0 aliphatic rings. The van der Waals surface area contributed by atoms with E-state index < -0.39 is 6.16 Å². The van der Waals surface area contributed by atoms with E-state index in [1.165, 1.54) is 0 Å². The van der Waals surface area contributed by atoms with Crippen LogP contribution >= 0.6 is 11.6 Å². The molecule has 0 amide bonds. The first kappa shape index (κ1) is 11.5. The van der Waals surface area contributed by atoms with Crippen LogP contribution in [0.15, 0.2) is 28.8 Å². The number of ether oxygens (including phenoxy) is 1. The Morgan fingerprint density at radius 1 is 1.47 bits per heavy atom. The van der Waals surface area contributed by atoms with Crippen molar-refractivity contribution in [3.8, 4) is 17.0 Å². The van der Waals surface area contributed by atoms with Crippen molar-refractivity contribution in [2.45, 2.75) is 6.92 Å². The van der Waals surface area contributed by atoms with Gasteiger partial charge in [-0.2, -0.15) is 0 Å². The molecule has 0 saturated heterocycles. The number of aromatic nitrogens is 1. The number of hydrogen-bond acceptors (Lipinski definition) is 4. The molecule has 0 atom stereocenters. The molecule has 0 aliphatic carbocycles. The monoisotopic (exact) mass is 253 g/mol. The van der Waals surface area contributed by atoms with Gasteiger partial charge in [-0.15, -0.1) is 0 Å². The lowest BCUT2D eigenvalue weighted by molar-refractivity contribution is 0.143. The lowest BCUT2D eigenvalue weighted by Crippen LogP contribution is -2.04. The fraction of sp³-hybridized carbons (Fsp3) is 0.0909. The summed E-state index contributed by atoms with van der Waals surface area (Å²) in [4.78, 5) is 10.6. The molecule has 2 rings (SSSR count). The van der Waals surface area contributed by atoms with Crippen molar-refractivity contribution in [3.05, 3.63) is 35.0 Å². The zero-order valence-corrected chi connectivity index (χ0v) is 9.56. The molecule has 0 fully saturated rings. The minimum absolute atomic E-state index is 0.0607. The molecule has 0 spiro atoms. The predicted molar refractivity (Wildman–Crippen MR) is 60.3 cm³/mol. The molecule has 1 N–H and O–H groups in total. The van der Waals surface area contributed by atoms with E-state index in [0.29, 0.717) is 10.6 Å². The van der Waals surface area contributed by atoms with Gasteiger partial charge in [0.2, 0.25) is 5.75 Å².